The highest BCUT2D eigenvalue weighted by molar-refractivity contribution is 7.21. The van der Waals surface area contributed by atoms with Crippen molar-refractivity contribution in [3.05, 3.63) is 57.9 Å². The van der Waals surface area contributed by atoms with Crippen molar-refractivity contribution in [2.24, 2.45) is 5.10 Å². The number of nitrogens with one attached hydrogen (secondary N) is 2. The summed E-state index contributed by atoms with van der Waals surface area (Å²) in [6.45, 7) is 0.796. The summed E-state index contributed by atoms with van der Waals surface area (Å²) >= 11 is 7.56. The van der Waals surface area contributed by atoms with Crippen LogP contribution in [0.3, 0.4) is 0 Å². The number of nitrogens with zero attached hydrogens (tertiary/aromatic N) is 1. The molecule has 3 aromatic rings. The number of halogens is 1. The molecule has 0 aliphatic carbocycles. The van der Waals surface area contributed by atoms with Crippen LogP contribution in [0.25, 0.3) is 10.1 Å². The SMILES string of the molecule is O=C(CNC(=O)c1sc2ccccc2c1Cl)NN=Cc1ccc2c(c1)OCCO2. The van der Waals surface area contributed by atoms with Gasteiger partial charge in [0, 0.05) is 10.1 Å². The molecular formula is C20H16ClN3O4S. The third-order valence-corrected chi connectivity index (χ3v) is 5.79. The van der Waals surface area contributed by atoms with Crippen LogP contribution in [0.4, 0.5) is 0 Å². The maximum Gasteiger partial charge on any atom is 0.263 e. The van der Waals surface area contributed by atoms with Crippen LogP contribution in [0.15, 0.2) is 47.6 Å². The van der Waals surface area contributed by atoms with Crippen molar-refractivity contribution in [2.45, 2.75) is 0 Å². The van der Waals surface area contributed by atoms with Gasteiger partial charge in [-0.2, -0.15) is 5.10 Å². The van der Waals surface area contributed by atoms with E-state index in [9.17, 15) is 9.59 Å². The molecule has 0 spiro atoms. The number of rotatable bonds is 5. The van der Waals surface area contributed by atoms with Crippen molar-refractivity contribution in [3.8, 4) is 11.5 Å². The van der Waals surface area contributed by atoms with E-state index < -0.39 is 11.8 Å². The fraction of sp³-hybridized carbons (Fsp3) is 0.150. The Labute approximate surface area is 175 Å². The number of hydrazone groups is 1. The van der Waals surface area contributed by atoms with Crippen LogP contribution < -0.4 is 20.2 Å². The fourth-order valence-corrected chi connectivity index (χ4v) is 4.19. The number of carbonyl (C=O) groups is 2. The van der Waals surface area contributed by atoms with Gasteiger partial charge in [-0.1, -0.05) is 29.8 Å². The van der Waals surface area contributed by atoms with Crippen LogP contribution in [0.5, 0.6) is 11.5 Å². The van der Waals surface area contributed by atoms with E-state index in [2.05, 4.69) is 15.8 Å². The molecule has 0 bridgehead atoms. The molecule has 1 aliphatic rings. The number of thiophene rings is 1. The summed E-state index contributed by atoms with van der Waals surface area (Å²) in [4.78, 5) is 24.7. The van der Waals surface area contributed by atoms with Gasteiger partial charge in [0.2, 0.25) is 0 Å². The predicted octanol–water partition coefficient (Wildman–Crippen LogP) is 3.21. The van der Waals surface area contributed by atoms with Crippen LogP contribution in [-0.4, -0.2) is 37.8 Å². The van der Waals surface area contributed by atoms with Crippen molar-refractivity contribution in [2.75, 3.05) is 19.8 Å². The molecule has 0 atom stereocenters. The van der Waals surface area contributed by atoms with Gasteiger partial charge in [0.25, 0.3) is 11.8 Å². The van der Waals surface area contributed by atoms with Gasteiger partial charge in [0.1, 0.15) is 18.1 Å². The van der Waals surface area contributed by atoms with Gasteiger partial charge in [-0.15, -0.1) is 11.3 Å². The van der Waals surface area contributed by atoms with E-state index >= 15 is 0 Å². The normalized spacial score (nSPS) is 12.9. The highest BCUT2D eigenvalue weighted by Gasteiger charge is 2.17. The van der Waals surface area contributed by atoms with Crippen LogP contribution in [0.2, 0.25) is 5.02 Å². The van der Waals surface area contributed by atoms with Crippen molar-refractivity contribution >= 4 is 51.1 Å². The first-order chi connectivity index (χ1) is 14.1. The summed E-state index contributed by atoms with van der Waals surface area (Å²) in [6, 6.07) is 12.8. The second kappa shape index (κ2) is 8.50. The van der Waals surface area contributed by atoms with Gasteiger partial charge in [-0.05, 0) is 29.8 Å². The van der Waals surface area contributed by atoms with E-state index in [1.165, 1.54) is 17.6 Å². The third kappa shape index (κ3) is 4.33. The zero-order chi connectivity index (χ0) is 20.2. The van der Waals surface area contributed by atoms with Crippen molar-refractivity contribution < 1.29 is 19.1 Å². The van der Waals surface area contributed by atoms with Crippen LogP contribution in [0.1, 0.15) is 15.2 Å². The molecule has 1 aliphatic heterocycles. The first kappa shape index (κ1) is 19.2. The van der Waals surface area contributed by atoms with Gasteiger partial charge < -0.3 is 14.8 Å². The molecule has 4 rings (SSSR count). The van der Waals surface area contributed by atoms with Gasteiger partial charge in [-0.25, -0.2) is 5.43 Å². The van der Waals surface area contributed by atoms with Crippen LogP contribution in [-0.2, 0) is 4.79 Å². The van der Waals surface area contributed by atoms with Crippen molar-refractivity contribution in [3.63, 3.8) is 0 Å². The van der Waals surface area contributed by atoms with E-state index in [-0.39, 0.29) is 6.54 Å². The molecule has 29 heavy (non-hydrogen) atoms. The summed E-state index contributed by atoms with van der Waals surface area (Å²) in [6.07, 6.45) is 1.49. The Balaban J connectivity index is 1.31. The predicted molar refractivity (Wildman–Crippen MR) is 112 cm³/mol. The van der Waals surface area contributed by atoms with Gasteiger partial charge in [0.15, 0.2) is 11.5 Å². The number of ether oxygens (including phenoxy) is 2. The lowest BCUT2D eigenvalue weighted by molar-refractivity contribution is -0.120. The van der Waals surface area contributed by atoms with E-state index in [0.29, 0.717) is 34.6 Å². The standard InChI is InChI=1S/C20H16ClN3O4S/c21-18-13-3-1-2-4-16(13)29-19(18)20(26)22-11-17(25)24-23-10-12-5-6-14-15(9-12)28-8-7-27-14/h1-6,9-10H,7-8,11H2,(H,22,26)(H,24,25). The van der Waals surface area contributed by atoms with Gasteiger partial charge >= 0.3 is 0 Å². The van der Waals surface area contributed by atoms with Crippen LogP contribution in [0, 0.1) is 0 Å². The zero-order valence-electron chi connectivity index (χ0n) is 15.1. The van der Waals surface area contributed by atoms with E-state index in [1.54, 1.807) is 18.2 Å². The summed E-state index contributed by atoms with van der Waals surface area (Å²) in [7, 11) is 0. The molecule has 2 heterocycles. The number of carbonyl (C=O) groups excluding carboxylic acids is 2. The second-order valence-electron chi connectivity index (χ2n) is 6.12. The maximum atomic E-state index is 12.3. The minimum absolute atomic E-state index is 0.220. The minimum atomic E-state index is -0.454. The molecule has 0 radical (unpaired) electrons. The van der Waals surface area contributed by atoms with E-state index in [0.717, 1.165) is 15.6 Å². The van der Waals surface area contributed by atoms with Gasteiger partial charge in [0.05, 0.1) is 17.8 Å². The first-order valence-corrected chi connectivity index (χ1v) is 9.98. The Hall–Kier alpha value is -3.10. The molecule has 2 N–H and O–H groups in total. The lowest BCUT2D eigenvalue weighted by Crippen LogP contribution is -2.34. The maximum absolute atomic E-state index is 12.3. The number of hydrogen-bond donors (Lipinski definition) is 2. The second-order valence-corrected chi connectivity index (χ2v) is 7.55. The Morgan fingerprint density at radius 2 is 1.93 bits per heavy atom. The van der Waals surface area contributed by atoms with Gasteiger partial charge in [-0.3, -0.25) is 9.59 Å². The molecule has 0 saturated carbocycles. The van der Waals surface area contributed by atoms with Crippen molar-refractivity contribution in [1.82, 2.24) is 10.7 Å². The summed E-state index contributed by atoms with van der Waals surface area (Å²) < 4.78 is 11.9. The zero-order valence-corrected chi connectivity index (χ0v) is 16.7. The van der Waals surface area contributed by atoms with Crippen molar-refractivity contribution in [1.29, 1.82) is 0 Å². The molecule has 7 nitrogen and oxygen atoms in total. The Morgan fingerprint density at radius 1 is 1.14 bits per heavy atom. The molecule has 148 valence electrons. The number of benzene rings is 2. The monoisotopic (exact) mass is 429 g/mol. The van der Waals surface area contributed by atoms with Crippen LogP contribution >= 0.6 is 22.9 Å². The smallest absolute Gasteiger partial charge is 0.263 e. The number of amides is 2. The summed E-state index contributed by atoms with van der Waals surface area (Å²) in [5, 5.41) is 7.66. The average molecular weight is 430 g/mol. The number of fused-ring (bicyclic) bond motifs is 2. The first-order valence-electron chi connectivity index (χ1n) is 8.78. The summed E-state index contributed by atoms with van der Waals surface area (Å²) in [5.41, 5.74) is 3.12. The molecule has 0 fully saturated rings. The number of hydrogen-bond acceptors (Lipinski definition) is 6. The Kier molecular flexibility index (Phi) is 5.64. The molecular weight excluding hydrogens is 414 g/mol. The molecule has 2 amide bonds. The highest BCUT2D eigenvalue weighted by Crippen LogP contribution is 2.35. The fourth-order valence-electron chi connectivity index (χ4n) is 2.76. The largest absolute Gasteiger partial charge is 0.486 e. The molecule has 2 aromatic carbocycles. The summed E-state index contributed by atoms with van der Waals surface area (Å²) in [5.74, 6) is 0.464. The minimum Gasteiger partial charge on any atom is -0.486 e. The topological polar surface area (TPSA) is 89.0 Å². The van der Waals surface area contributed by atoms with E-state index in [1.807, 2.05) is 24.3 Å². The lowest BCUT2D eigenvalue weighted by Gasteiger charge is -2.18. The lowest BCUT2D eigenvalue weighted by atomic mass is 10.2. The average Bonchev–Trinajstić information content (AvgIpc) is 3.09. The molecule has 9 heteroatoms. The molecule has 0 unspecified atom stereocenters. The van der Waals surface area contributed by atoms with E-state index in [4.69, 9.17) is 21.1 Å². The quantitative estimate of drug-likeness (QED) is 0.481. The Bertz CT molecular complexity index is 1110. The molecule has 0 saturated heterocycles. The highest BCUT2D eigenvalue weighted by atomic mass is 35.5. The Morgan fingerprint density at radius 3 is 2.76 bits per heavy atom. The third-order valence-electron chi connectivity index (χ3n) is 4.12. The molecule has 1 aromatic heterocycles.